The van der Waals surface area contributed by atoms with E-state index in [1.807, 2.05) is 0 Å². The zero-order chi connectivity index (χ0) is 15.9. The number of likely N-dealkylation sites (N-methyl/N-ethyl adjacent to an activating group) is 1. The van der Waals surface area contributed by atoms with Gasteiger partial charge in [0.2, 0.25) is 0 Å². The van der Waals surface area contributed by atoms with E-state index in [4.69, 9.17) is 4.74 Å². The summed E-state index contributed by atoms with van der Waals surface area (Å²) in [5.41, 5.74) is -1.16. The molecule has 0 saturated heterocycles. The van der Waals surface area contributed by atoms with Crippen LogP contribution in [0.2, 0.25) is 0 Å². The number of benzene rings is 1. The van der Waals surface area contributed by atoms with Gasteiger partial charge in [0.15, 0.2) is 5.54 Å². The molecule has 0 fully saturated rings. The highest BCUT2D eigenvalue weighted by Crippen LogP contribution is 2.30. The highest BCUT2D eigenvalue weighted by molar-refractivity contribution is 5.81. The summed E-state index contributed by atoms with van der Waals surface area (Å²) in [5, 5.41) is 12.5. The maximum absolute atomic E-state index is 13.1. The molecule has 0 spiro atoms. The smallest absolute Gasteiger partial charge is 0.331 e. The van der Waals surface area contributed by atoms with Gasteiger partial charge in [0, 0.05) is 13.0 Å². The molecule has 0 heterocycles. The molecule has 21 heavy (non-hydrogen) atoms. The molecule has 0 saturated carbocycles. The summed E-state index contributed by atoms with van der Waals surface area (Å²) in [6, 6.07) is 5.22. The van der Waals surface area contributed by atoms with Crippen LogP contribution in [0.25, 0.3) is 0 Å². The van der Waals surface area contributed by atoms with Crippen molar-refractivity contribution in [3.05, 3.63) is 35.6 Å². The van der Waals surface area contributed by atoms with Gasteiger partial charge in [-0.2, -0.15) is 0 Å². The first kappa shape index (κ1) is 17.3. The fraction of sp³-hybridized carbons (Fsp3) is 0.467. The van der Waals surface area contributed by atoms with E-state index in [1.54, 1.807) is 6.92 Å². The number of aldehydes is 1. The Morgan fingerprint density at radius 2 is 2.10 bits per heavy atom. The van der Waals surface area contributed by atoms with E-state index in [2.05, 4.69) is 5.32 Å². The lowest BCUT2D eigenvalue weighted by molar-refractivity contribution is -0.154. The fourth-order valence-corrected chi connectivity index (χ4v) is 2.42. The largest absolute Gasteiger partial charge is 0.480 e. The SMILES string of the molecule is CCOC(CCC=O)C(NC)(C(=O)O)c1ccc(F)cc1. The van der Waals surface area contributed by atoms with Crippen LogP contribution in [0.15, 0.2) is 24.3 Å². The Hall–Kier alpha value is -1.79. The lowest BCUT2D eigenvalue weighted by atomic mass is 9.82. The van der Waals surface area contributed by atoms with Crippen LogP contribution < -0.4 is 5.32 Å². The molecular formula is C15H20FNO4. The maximum Gasteiger partial charge on any atom is 0.331 e. The van der Waals surface area contributed by atoms with Crippen LogP contribution in [0, 0.1) is 5.82 Å². The highest BCUT2D eigenvalue weighted by Gasteiger charge is 2.47. The van der Waals surface area contributed by atoms with Crippen LogP contribution in [0.1, 0.15) is 25.3 Å². The lowest BCUT2D eigenvalue weighted by Crippen LogP contribution is -2.57. The molecule has 0 aliphatic heterocycles. The molecule has 0 amide bonds. The van der Waals surface area contributed by atoms with Crippen molar-refractivity contribution < 1.29 is 23.8 Å². The molecule has 0 aliphatic rings. The van der Waals surface area contributed by atoms with Crippen molar-refractivity contribution in [1.29, 1.82) is 0 Å². The quantitative estimate of drug-likeness (QED) is 0.679. The minimum Gasteiger partial charge on any atom is -0.480 e. The van der Waals surface area contributed by atoms with E-state index in [1.165, 1.54) is 31.3 Å². The van der Waals surface area contributed by atoms with Crippen molar-refractivity contribution in [2.75, 3.05) is 13.7 Å². The molecule has 6 heteroatoms. The number of hydrogen-bond donors (Lipinski definition) is 2. The van der Waals surface area contributed by atoms with E-state index in [-0.39, 0.29) is 12.8 Å². The number of rotatable bonds is 9. The standard InChI is InChI=1S/C15H20FNO4/c1-3-21-13(5-4-10-18)15(17-2,14(19)20)11-6-8-12(16)9-7-11/h6-10,13,17H,3-5H2,1-2H3,(H,19,20). The molecular weight excluding hydrogens is 277 g/mol. The van der Waals surface area contributed by atoms with E-state index in [0.717, 1.165) is 6.29 Å². The van der Waals surface area contributed by atoms with Crippen molar-refractivity contribution in [3.63, 3.8) is 0 Å². The summed E-state index contributed by atoms with van der Waals surface area (Å²) in [5.74, 6) is -1.59. The van der Waals surface area contributed by atoms with Gasteiger partial charge in [-0.15, -0.1) is 0 Å². The first-order valence-corrected chi connectivity index (χ1v) is 6.76. The third-order valence-electron chi connectivity index (χ3n) is 3.43. The predicted octanol–water partition coefficient (Wildman–Crippen LogP) is 1.71. The van der Waals surface area contributed by atoms with Crippen LogP contribution in [-0.4, -0.2) is 37.1 Å². The average Bonchev–Trinajstić information content (AvgIpc) is 2.47. The van der Waals surface area contributed by atoms with Gasteiger partial charge < -0.3 is 14.6 Å². The maximum atomic E-state index is 13.1. The minimum absolute atomic E-state index is 0.183. The molecule has 0 aliphatic carbocycles. The zero-order valence-electron chi connectivity index (χ0n) is 12.1. The number of aliphatic carboxylic acids is 1. The lowest BCUT2D eigenvalue weighted by Gasteiger charge is -2.37. The van der Waals surface area contributed by atoms with E-state index >= 15 is 0 Å². The first-order valence-electron chi connectivity index (χ1n) is 6.76. The van der Waals surface area contributed by atoms with Gasteiger partial charge in [-0.25, -0.2) is 9.18 Å². The number of hydrogen-bond acceptors (Lipinski definition) is 4. The van der Waals surface area contributed by atoms with E-state index in [0.29, 0.717) is 12.2 Å². The van der Waals surface area contributed by atoms with Crippen LogP contribution in [0.5, 0.6) is 0 Å². The number of carboxylic acid groups (broad SMARTS) is 1. The molecule has 0 bridgehead atoms. The van der Waals surface area contributed by atoms with E-state index < -0.39 is 23.4 Å². The number of nitrogens with one attached hydrogen (secondary N) is 1. The van der Waals surface area contributed by atoms with Crippen molar-refractivity contribution in [2.24, 2.45) is 0 Å². The van der Waals surface area contributed by atoms with Gasteiger partial charge in [-0.05, 0) is 38.1 Å². The summed E-state index contributed by atoms with van der Waals surface area (Å²) in [6.45, 7) is 2.06. The second-order valence-electron chi connectivity index (χ2n) is 4.56. The summed E-state index contributed by atoms with van der Waals surface area (Å²) in [7, 11) is 1.50. The molecule has 2 unspecified atom stereocenters. The second-order valence-corrected chi connectivity index (χ2v) is 4.56. The van der Waals surface area contributed by atoms with Gasteiger partial charge >= 0.3 is 5.97 Å². The monoisotopic (exact) mass is 297 g/mol. The molecule has 2 atom stereocenters. The Balaban J connectivity index is 3.31. The van der Waals surface area contributed by atoms with Gasteiger partial charge in [0.05, 0.1) is 6.10 Å². The molecule has 116 valence electrons. The van der Waals surface area contributed by atoms with Gasteiger partial charge in [0.25, 0.3) is 0 Å². The number of halogens is 1. The first-order chi connectivity index (χ1) is 10.0. The van der Waals surface area contributed by atoms with Crippen molar-refractivity contribution >= 4 is 12.3 Å². The number of carbonyl (C=O) groups excluding carboxylic acids is 1. The average molecular weight is 297 g/mol. The van der Waals surface area contributed by atoms with Gasteiger partial charge in [-0.3, -0.25) is 5.32 Å². The molecule has 0 radical (unpaired) electrons. The fourth-order valence-electron chi connectivity index (χ4n) is 2.42. The van der Waals surface area contributed by atoms with Crippen molar-refractivity contribution in [1.82, 2.24) is 5.32 Å². The number of carbonyl (C=O) groups is 2. The number of ether oxygens (including phenoxy) is 1. The van der Waals surface area contributed by atoms with Crippen LogP contribution in [0.4, 0.5) is 4.39 Å². The third kappa shape index (κ3) is 3.65. The Kier molecular flexibility index (Phi) is 6.45. The molecule has 5 nitrogen and oxygen atoms in total. The second kappa shape index (κ2) is 7.85. The predicted molar refractivity (Wildman–Crippen MR) is 75.5 cm³/mol. The summed E-state index contributed by atoms with van der Waals surface area (Å²) in [6.07, 6.45) is 0.407. The Bertz CT molecular complexity index is 477. The number of carboxylic acids is 1. The summed E-state index contributed by atoms with van der Waals surface area (Å²) in [4.78, 5) is 22.5. The van der Waals surface area contributed by atoms with E-state index in [9.17, 15) is 19.1 Å². The normalized spacial score (nSPS) is 15.2. The minimum atomic E-state index is -1.54. The van der Waals surface area contributed by atoms with Gasteiger partial charge in [-0.1, -0.05) is 12.1 Å². The van der Waals surface area contributed by atoms with Crippen LogP contribution >= 0.6 is 0 Å². The van der Waals surface area contributed by atoms with Crippen molar-refractivity contribution in [2.45, 2.75) is 31.4 Å². The topological polar surface area (TPSA) is 75.6 Å². The third-order valence-corrected chi connectivity index (χ3v) is 3.43. The van der Waals surface area contributed by atoms with Gasteiger partial charge in [0.1, 0.15) is 12.1 Å². The summed E-state index contributed by atoms with van der Waals surface area (Å²) < 4.78 is 18.6. The summed E-state index contributed by atoms with van der Waals surface area (Å²) >= 11 is 0. The van der Waals surface area contributed by atoms with Crippen LogP contribution in [-0.2, 0) is 19.9 Å². The highest BCUT2D eigenvalue weighted by atomic mass is 19.1. The Morgan fingerprint density at radius 3 is 2.52 bits per heavy atom. The van der Waals surface area contributed by atoms with Crippen molar-refractivity contribution in [3.8, 4) is 0 Å². The van der Waals surface area contributed by atoms with Crippen LogP contribution in [0.3, 0.4) is 0 Å². The molecule has 1 aromatic carbocycles. The molecule has 1 aromatic rings. The molecule has 2 N–H and O–H groups in total. The Labute approximate surface area is 123 Å². The zero-order valence-corrected chi connectivity index (χ0v) is 12.1. The Morgan fingerprint density at radius 1 is 1.48 bits per heavy atom. The molecule has 1 rings (SSSR count). The molecule has 0 aromatic heterocycles.